The Kier molecular flexibility index (Phi) is 8.24. The molecule has 0 spiro atoms. The van der Waals surface area contributed by atoms with E-state index in [0.717, 1.165) is 5.56 Å². The van der Waals surface area contributed by atoms with Crippen LogP contribution in [0.4, 0.5) is 5.69 Å². The van der Waals surface area contributed by atoms with E-state index in [1.54, 1.807) is 16.7 Å². The van der Waals surface area contributed by atoms with Crippen LogP contribution in [0.2, 0.25) is 0 Å². The lowest BCUT2D eigenvalue weighted by molar-refractivity contribution is -0.384. The van der Waals surface area contributed by atoms with Crippen LogP contribution in [-0.2, 0) is 9.53 Å². The molecule has 0 aliphatic carbocycles. The summed E-state index contributed by atoms with van der Waals surface area (Å²) in [7, 11) is 0. The number of nitro benzene ring substituents is 1. The number of nitro groups is 1. The summed E-state index contributed by atoms with van der Waals surface area (Å²) in [6, 6.07) is 14.5. The van der Waals surface area contributed by atoms with Gasteiger partial charge in [0.25, 0.3) is 11.6 Å². The highest BCUT2D eigenvalue weighted by molar-refractivity contribution is 7.98. The van der Waals surface area contributed by atoms with Crippen LogP contribution in [0.25, 0.3) is 0 Å². The van der Waals surface area contributed by atoms with Gasteiger partial charge in [-0.3, -0.25) is 19.7 Å². The molecule has 170 valence electrons. The second kappa shape index (κ2) is 11.1. The van der Waals surface area contributed by atoms with Crippen molar-refractivity contribution in [2.75, 3.05) is 25.1 Å². The molecule has 1 heterocycles. The lowest BCUT2D eigenvalue weighted by atomic mass is 10.0. The number of ether oxygens (including phenoxy) is 1. The monoisotopic (exact) mass is 457 g/mol. The van der Waals surface area contributed by atoms with Crippen molar-refractivity contribution >= 4 is 29.3 Å². The fourth-order valence-corrected chi connectivity index (χ4v) is 4.17. The zero-order chi connectivity index (χ0) is 23.1. The maximum atomic E-state index is 13.4. The first kappa shape index (κ1) is 23.7. The molecule has 3 atom stereocenters. The fraction of sp³-hybridized carbons (Fsp3) is 0.391. The number of carbonyl (C=O) groups excluding carboxylic acids is 2. The van der Waals surface area contributed by atoms with Crippen molar-refractivity contribution in [3.63, 3.8) is 0 Å². The predicted molar refractivity (Wildman–Crippen MR) is 124 cm³/mol. The summed E-state index contributed by atoms with van der Waals surface area (Å²) >= 11 is 1.59. The van der Waals surface area contributed by atoms with Gasteiger partial charge in [0, 0.05) is 24.2 Å². The van der Waals surface area contributed by atoms with Gasteiger partial charge < -0.3 is 15.0 Å². The molecule has 2 aromatic rings. The Balaban J connectivity index is 1.75. The number of thioether (sulfide) groups is 1. The summed E-state index contributed by atoms with van der Waals surface area (Å²) in [6.07, 6.45) is 2.01. The lowest BCUT2D eigenvalue weighted by Gasteiger charge is -2.38. The number of nitrogens with zero attached hydrogens (tertiary/aromatic N) is 2. The largest absolute Gasteiger partial charge is 0.367 e. The molecule has 2 aromatic carbocycles. The fourth-order valence-electron chi connectivity index (χ4n) is 3.70. The van der Waals surface area contributed by atoms with E-state index in [9.17, 15) is 19.7 Å². The number of benzene rings is 2. The molecule has 32 heavy (non-hydrogen) atoms. The van der Waals surface area contributed by atoms with Crippen LogP contribution in [0.15, 0.2) is 54.6 Å². The molecule has 1 aliphatic heterocycles. The smallest absolute Gasteiger partial charge is 0.270 e. The Morgan fingerprint density at radius 3 is 2.66 bits per heavy atom. The third kappa shape index (κ3) is 6.08. The molecule has 0 saturated carbocycles. The van der Waals surface area contributed by atoms with Crippen LogP contribution < -0.4 is 5.32 Å². The van der Waals surface area contributed by atoms with E-state index in [-0.39, 0.29) is 29.4 Å². The number of non-ortho nitro benzene ring substituents is 1. The van der Waals surface area contributed by atoms with Crippen molar-refractivity contribution in [2.24, 2.45) is 0 Å². The molecule has 1 aliphatic rings. The highest BCUT2D eigenvalue weighted by atomic mass is 32.2. The Hall–Kier alpha value is -2.91. The summed E-state index contributed by atoms with van der Waals surface area (Å²) < 4.78 is 6.05. The van der Waals surface area contributed by atoms with Crippen molar-refractivity contribution in [3.8, 4) is 0 Å². The number of amides is 2. The molecule has 1 N–H and O–H groups in total. The van der Waals surface area contributed by atoms with Gasteiger partial charge in [-0.05, 0) is 37.0 Å². The Morgan fingerprint density at radius 1 is 1.22 bits per heavy atom. The minimum atomic E-state index is -0.726. The number of morpholine rings is 1. The van der Waals surface area contributed by atoms with Crippen molar-refractivity contribution in [3.05, 3.63) is 75.8 Å². The Bertz CT molecular complexity index is 956. The second-order valence-corrected chi connectivity index (χ2v) is 8.69. The highest BCUT2D eigenvalue weighted by Crippen LogP contribution is 2.26. The zero-order valence-electron chi connectivity index (χ0n) is 18.1. The quantitative estimate of drug-likeness (QED) is 0.481. The number of nitrogens with one attached hydrogen (secondary N) is 1. The summed E-state index contributed by atoms with van der Waals surface area (Å²) in [5.74, 6) is 0.0103. The van der Waals surface area contributed by atoms with Gasteiger partial charge in [-0.2, -0.15) is 11.8 Å². The van der Waals surface area contributed by atoms with Gasteiger partial charge in [-0.25, -0.2) is 0 Å². The molecule has 0 aromatic heterocycles. The normalized spacial score (nSPS) is 19.2. The summed E-state index contributed by atoms with van der Waals surface area (Å²) in [4.78, 5) is 38.4. The van der Waals surface area contributed by atoms with E-state index in [0.29, 0.717) is 25.3 Å². The second-order valence-electron chi connectivity index (χ2n) is 7.70. The molecule has 8 nitrogen and oxygen atoms in total. The number of hydrogen-bond acceptors (Lipinski definition) is 6. The SMILES string of the molecule is CSCCC(NC(=O)c1cccc([N+](=O)[O-])c1)C(=O)N1CC(C)OC(c2ccccc2)C1. The molecular weight excluding hydrogens is 430 g/mol. The minimum absolute atomic E-state index is 0.147. The van der Waals surface area contributed by atoms with E-state index in [4.69, 9.17) is 4.74 Å². The van der Waals surface area contributed by atoms with Crippen molar-refractivity contribution in [1.29, 1.82) is 0 Å². The van der Waals surface area contributed by atoms with Gasteiger partial charge in [0.05, 0.1) is 17.6 Å². The van der Waals surface area contributed by atoms with Crippen LogP contribution in [0.1, 0.15) is 35.4 Å². The molecule has 3 rings (SSSR count). The Morgan fingerprint density at radius 2 is 1.97 bits per heavy atom. The van der Waals surface area contributed by atoms with Crippen LogP contribution in [0.3, 0.4) is 0 Å². The van der Waals surface area contributed by atoms with E-state index in [2.05, 4.69) is 5.32 Å². The average Bonchev–Trinajstić information content (AvgIpc) is 2.81. The molecule has 9 heteroatoms. The Labute approximate surface area is 191 Å². The maximum absolute atomic E-state index is 13.4. The van der Waals surface area contributed by atoms with E-state index in [1.165, 1.54) is 24.3 Å². The number of rotatable bonds is 8. The van der Waals surface area contributed by atoms with Gasteiger partial charge in [-0.1, -0.05) is 36.4 Å². The van der Waals surface area contributed by atoms with Crippen LogP contribution >= 0.6 is 11.8 Å². The first-order valence-corrected chi connectivity index (χ1v) is 11.8. The maximum Gasteiger partial charge on any atom is 0.270 e. The first-order valence-electron chi connectivity index (χ1n) is 10.4. The highest BCUT2D eigenvalue weighted by Gasteiger charge is 2.33. The van der Waals surface area contributed by atoms with Crippen LogP contribution in [-0.4, -0.2) is 58.9 Å². The summed E-state index contributed by atoms with van der Waals surface area (Å²) in [5, 5.41) is 13.8. The van der Waals surface area contributed by atoms with E-state index >= 15 is 0 Å². The van der Waals surface area contributed by atoms with Crippen LogP contribution in [0, 0.1) is 10.1 Å². The summed E-state index contributed by atoms with van der Waals surface area (Å²) in [6.45, 7) is 2.76. The van der Waals surface area contributed by atoms with Gasteiger partial charge >= 0.3 is 0 Å². The van der Waals surface area contributed by atoms with Crippen LogP contribution in [0.5, 0.6) is 0 Å². The minimum Gasteiger partial charge on any atom is -0.367 e. The van der Waals surface area contributed by atoms with Gasteiger partial charge in [-0.15, -0.1) is 0 Å². The number of carbonyl (C=O) groups is 2. The van der Waals surface area contributed by atoms with Crippen molar-refractivity contribution in [2.45, 2.75) is 31.6 Å². The average molecular weight is 458 g/mol. The van der Waals surface area contributed by atoms with Crippen molar-refractivity contribution < 1.29 is 19.2 Å². The standard InChI is InChI=1S/C23H27N3O5S/c1-16-14-25(15-21(31-16)17-7-4-3-5-8-17)23(28)20(11-12-32-2)24-22(27)18-9-6-10-19(13-18)26(29)30/h3-10,13,16,20-21H,11-12,14-15H2,1-2H3,(H,24,27). The molecule has 1 saturated heterocycles. The molecular formula is C23H27N3O5S. The lowest BCUT2D eigenvalue weighted by Crippen LogP contribution is -2.54. The first-order chi connectivity index (χ1) is 15.4. The van der Waals surface area contributed by atoms with E-state index in [1.807, 2.05) is 43.5 Å². The molecule has 0 bridgehead atoms. The van der Waals surface area contributed by atoms with Crippen molar-refractivity contribution in [1.82, 2.24) is 10.2 Å². The molecule has 1 fully saturated rings. The molecule has 3 unspecified atom stereocenters. The topological polar surface area (TPSA) is 102 Å². The molecule has 2 amide bonds. The third-order valence-corrected chi connectivity index (χ3v) is 5.92. The van der Waals surface area contributed by atoms with Gasteiger partial charge in [0.15, 0.2) is 0 Å². The zero-order valence-corrected chi connectivity index (χ0v) is 18.9. The van der Waals surface area contributed by atoms with E-state index < -0.39 is 16.9 Å². The summed E-state index contributed by atoms with van der Waals surface area (Å²) in [5.41, 5.74) is 0.981. The molecule has 0 radical (unpaired) electrons. The van der Waals surface area contributed by atoms with Gasteiger partial charge in [0.2, 0.25) is 5.91 Å². The number of hydrogen-bond donors (Lipinski definition) is 1. The third-order valence-electron chi connectivity index (χ3n) is 5.28. The predicted octanol–water partition coefficient (Wildman–Crippen LogP) is 3.43. The van der Waals surface area contributed by atoms with Gasteiger partial charge in [0.1, 0.15) is 12.1 Å².